The van der Waals surface area contributed by atoms with Crippen LogP contribution in [-0.4, -0.2) is 18.2 Å². The van der Waals surface area contributed by atoms with E-state index < -0.39 is 5.97 Å². The van der Waals surface area contributed by atoms with Gasteiger partial charge in [-0.25, -0.2) is 4.79 Å². The van der Waals surface area contributed by atoms with Crippen molar-refractivity contribution in [3.8, 4) is 0 Å². The number of halogens is 2. The van der Waals surface area contributed by atoms with E-state index in [2.05, 4.69) is 10.6 Å². The maximum Gasteiger partial charge on any atom is 0.340 e. The summed E-state index contributed by atoms with van der Waals surface area (Å²) in [6.45, 7) is 1.77. The van der Waals surface area contributed by atoms with Crippen LogP contribution >= 0.6 is 46.8 Å². The Hall–Kier alpha value is -1.60. The molecular weight excluding hydrogens is 387 g/mol. The lowest BCUT2D eigenvalue weighted by Crippen LogP contribution is -2.20. The highest BCUT2D eigenvalue weighted by molar-refractivity contribution is 7.80. The third-order valence-corrected chi connectivity index (χ3v) is 4.32. The molecule has 2 rings (SSSR count). The molecule has 0 aliphatic carbocycles. The van der Waals surface area contributed by atoms with Crippen molar-refractivity contribution in [3.63, 3.8) is 0 Å². The van der Waals surface area contributed by atoms with Crippen molar-refractivity contribution < 1.29 is 9.53 Å². The quantitative estimate of drug-likeness (QED) is 0.516. The number of esters is 1. The van der Waals surface area contributed by atoms with Crippen LogP contribution < -0.4 is 10.6 Å². The van der Waals surface area contributed by atoms with Crippen molar-refractivity contribution in [2.24, 2.45) is 0 Å². The van der Waals surface area contributed by atoms with Crippen LogP contribution in [0, 0.1) is 0 Å². The summed E-state index contributed by atoms with van der Waals surface area (Å²) in [5.41, 5.74) is 2.55. The number of hydrogen-bond donors (Lipinski definition) is 2. The molecule has 0 amide bonds. The summed E-state index contributed by atoms with van der Waals surface area (Å²) >= 11 is 18.7. The zero-order valence-electron chi connectivity index (χ0n) is 12.9. The molecule has 1 heterocycles. The summed E-state index contributed by atoms with van der Waals surface area (Å²) in [5.74, 6) is -0.418. The van der Waals surface area contributed by atoms with Crippen LogP contribution in [0.15, 0.2) is 34.0 Å². The number of carbonyl (C=O) groups excluding carboxylic acids is 1. The number of carbonyl (C=O) groups is 1. The Morgan fingerprint density at radius 2 is 2.08 bits per heavy atom. The van der Waals surface area contributed by atoms with E-state index in [9.17, 15) is 4.79 Å². The van der Waals surface area contributed by atoms with Gasteiger partial charge in [0.15, 0.2) is 5.11 Å². The Kier molecular flexibility index (Phi) is 6.62. The number of thiophene rings is 1. The van der Waals surface area contributed by atoms with Crippen molar-refractivity contribution >= 4 is 75.3 Å². The number of thiocarbonyl (C=S) groups is 1. The summed E-state index contributed by atoms with van der Waals surface area (Å²) in [4.78, 5) is 11.7. The second-order valence-electron chi connectivity index (χ2n) is 4.74. The SMILES string of the molecule is COC(=O)c1cscc1NC(=S)Nc1ccc(Cl)c(/C=C(\C)Cl)c1. The topological polar surface area (TPSA) is 50.4 Å². The molecular formula is C16H14Cl2N2O2S2. The molecule has 0 saturated heterocycles. The molecule has 0 radical (unpaired) electrons. The number of benzene rings is 1. The first-order valence-electron chi connectivity index (χ1n) is 6.76. The highest BCUT2D eigenvalue weighted by Gasteiger charge is 2.14. The highest BCUT2D eigenvalue weighted by Crippen LogP contribution is 2.25. The van der Waals surface area contributed by atoms with Crippen LogP contribution in [0.25, 0.3) is 6.08 Å². The fourth-order valence-electron chi connectivity index (χ4n) is 1.89. The number of ether oxygens (including phenoxy) is 1. The zero-order valence-corrected chi connectivity index (χ0v) is 16.0. The van der Waals surface area contributed by atoms with Gasteiger partial charge in [-0.3, -0.25) is 0 Å². The molecule has 0 aliphatic rings. The van der Waals surface area contributed by atoms with E-state index in [4.69, 9.17) is 40.2 Å². The van der Waals surface area contributed by atoms with Crippen molar-refractivity contribution in [2.45, 2.75) is 6.92 Å². The number of allylic oxidation sites excluding steroid dienone is 1. The minimum Gasteiger partial charge on any atom is -0.465 e. The third-order valence-electron chi connectivity index (χ3n) is 2.92. The van der Waals surface area contributed by atoms with Crippen LogP contribution in [0.5, 0.6) is 0 Å². The lowest BCUT2D eigenvalue weighted by molar-refractivity contribution is 0.0602. The van der Waals surface area contributed by atoms with E-state index in [1.807, 2.05) is 6.07 Å². The summed E-state index contributed by atoms with van der Waals surface area (Å²) < 4.78 is 4.73. The largest absolute Gasteiger partial charge is 0.465 e. The lowest BCUT2D eigenvalue weighted by atomic mass is 10.2. The summed E-state index contributed by atoms with van der Waals surface area (Å²) in [6, 6.07) is 5.38. The number of methoxy groups -OCH3 is 1. The molecule has 0 bridgehead atoms. The second kappa shape index (κ2) is 8.48. The van der Waals surface area contributed by atoms with E-state index in [0.29, 0.717) is 26.4 Å². The average molecular weight is 401 g/mol. The van der Waals surface area contributed by atoms with Gasteiger partial charge in [0.05, 0.1) is 18.4 Å². The van der Waals surface area contributed by atoms with Gasteiger partial charge in [-0.1, -0.05) is 23.2 Å². The highest BCUT2D eigenvalue weighted by atomic mass is 35.5. The smallest absolute Gasteiger partial charge is 0.340 e. The predicted octanol–water partition coefficient (Wildman–Crippen LogP) is 5.60. The van der Waals surface area contributed by atoms with Gasteiger partial charge >= 0.3 is 5.97 Å². The number of hydrogen-bond acceptors (Lipinski definition) is 4. The Morgan fingerprint density at radius 1 is 1.33 bits per heavy atom. The monoisotopic (exact) mass is 400 g/mol. The second-order valence-corrected chi connectivity index (χ2v) is 6.89. The first-order chi connectivity index (χ1) is 11.4. The summed E-state index contributed by atoms with van der Waals surface area (Å²) in [7, 11) is 1.34. The number of nitrogens with one attached hydrogen (secondary N) is 2. The molecule has 8 heteroatoms. The van der Waals surface area contributed by atoms with E-state index >= 15 is 0 Å². The van der Waals surface area contributed by atoms with Crippen LogP contribution in [0.3, 0.4) is 0 Å². The lowest BCUT2D eigenvalue weighted by Gasteiger charge is -2.12. The predicted molar refractivity (Wildman–Crippen MR) is 106 cm³/mol. The molecule has 0 atom stereocenters. The molecule has 1 aromatic carbocycles. The first-order valence-corrected chi connectivity index (χ1v) is 8.87. The number of rotatable bonds is 4. The Labute approximate surface area is 159 Å². The van der Waals surface area contributed by atoms with E-state index in [1.54, 1.807) is 35.9 Å². The van der Waals surface area contributed by atoms with Crippen molar-refractivity contribution in [2.75, 3.05) is 17.7 Å². The van der Waals surface area contributed by atoms with Crippen molar-refractivity contribution in [1.29, 1.82) is 0 Å². The van der Waals surface area contributed by atoms with Crippen LogP contribution in [0.1, 0.15) is 22.8 Å². The fraction of sp³-hybridized carbons (Fsp3) is 0.125. The van der Waals surface area contributed by atoms with Gasteiger partial charge in [-0.05, 0) is 49.0 Å². The minimum atomic E-state index is -0.418. The van der Waals surface area contributed by atoms with Gasteiger partial charge in [0.2, 0.25) is 0 Å². The maximum absolute atomic E-state index is 11.7. The molecule has 0 unspecified atom stereocenters. The summed E-state index contributed by atoms with van der Waals surface area (Å²) in [5, 5.41) is 11.1. The summed E-state index contributed by atoms with van der Waals surface area (Å²) in [6.07, 6.45) is 1.76. The molecule has 0 aliphatic heterocycles. The Morgan fingerprint density at radius 3 is 2.75 bits per heavy atom. The molecule has 1 aromatic heterocycles. The van der Waals surface area contributed by atoms with Gasteiger partial charge in [0.25, 0.3) is 0 Å². The van der Waals surface area contributed by atoms with Crippen LogP contribution in [-0.2, 0) is 4.74 Å². The van der Waals surface area contributed by atoms with Crippen molar-refractivity contribution in [1.82, 2.24) is 0 Å². The number of anilines is 2. The fourth-order valence-corrected chi connectivity index (χ4v) is 3.16. The zero-order chi connectivity index (χ0) is 17.7. The van der Waals surface area contributed by atoms with Gasteiger partial charge in [0.1, 0.15) is 0 Å². The van der Waals surface area contributed by atoms with Gasteiger partial charge < -0.3 is 15.4 Å². The Bertz CT molecular complexity index is 799. The molecule has 24 heavy (non-hydrogen) atoms. The van der Waals surface area contributed by atoms with Crippen LogP contribution in [0.2, 0.25) is 5.02 Å². The minimum absolute atomic E-state index is 0.346. The first kappa shape index (κ1) is 18.7. The van der Waals surface area contributed by atoms with Gasteiger partial charge in [-0.15, -0.1) is 11.3 Å². The molecule has 0 spiro atoms. The van der Waals surface area contributed by atoms with Gasteiger partial charge in [-0.2, -0.15) is 0 Å². The molecule has 0 fully saturated rings. The normalized spacial score (nSPS) is 11.1. The van der Waals surface area contributed by atoms with Crippen molar-refractivity contribution in [3.05, 3.63) is 50.1 Å². The average Bonchev–Trinajstić information content (AvgIpc) is 2.97. The molecule has 0 saturated carbocycles. The van der Waals surface area contributed by atoms with E-state index in [1.165, 1.54) is 18.4 Å². The maximum atomic E-state index is 11.7. The molecule has 4 nitrogen and oxygen atoms in total. The van der Waals surface area contributed by atoms with E-state index in [0.717, 1.165) is 11.3 Å². The van der Waals surface area contributed by atoms with Crippen LogP contribution in [0.4, 0.5) is 11.4 Å². The van der Waals surface area contributed by atoms with Gasteiger partial charge in [0, 0.05) is 26.5 Å². The standard InChI is InChI=1S/C16H14Cl2N2O2S2/c1-9(17)5-10-6-11(3-4-13(10)18)19-16(23)20-14-8-24-7-12(14)15(21)22-2/h3-8H,1-2H3,(H2,19,20,23)/b9-5+. The third kappa shape index (κ3) is 4.95. The molecule has 2 N–H and O–H groups in total. The molecule has 126 valence electrons. The molecule has 2 aromatic rings. The van der Waals surface area contributed by atoms with E-state index in [-0.39, 0.29) is 0 Å². The Balaban J connectivity index is 2.12.